The van der Waals surface area contributed by atoms with Crippen LogP contribution in [0.15, 0.2) is 71.9 Å². The quantitative estimate of drug-likeness (QED) is 0.301. The second-order valence-electron chi connectivity index (χ2n) is 6.34. The van der Waals surface area contributed by atoms with E-state index in [0.29, 0.717) is 38.1 Å². The fourth-order valence-electron chi connectivity index (χ4n) is 2.94. The van der Waals surface area contributed by atoms with Crippen LogP contribution in [0.4, 0.5) is 4.39 Å². The average Bonchev–Trinajstić information content (AvgIpc) is 3.18. The Hall–Kier alpha value is -2.54. The number of ether oxygens (including phenoxy) is 1. The lowest BCUT2D eigenvalue weighted by molar-refractivity contribution is 0.415. The molecule has 0 amide bonds. The lowest BCUT2D eigenvalue weighted by atomic mass is 10.2. The van der Waals surface area contributed by atoms with Crippen molar-refractivity contribution in [2.75, 3.05) is 7.11 Å². The van der Waals surface area contributed by atoms with Crippen molar-refractivity contribution in [3.63, 3.8) is 0 Å². The third kappa shape index (κ3) is 4.31. The van der Waals surface area contributed by atoms with Crippen LogP contribution in [0, 0.1) is 5.82 Å². The number of thioether (sulfide) groups is 1. The van der Waals surface area contributed by atoms with E-state index in [1.807, 2.05) is 41.0 Å². The molecule has 0 aliphatic rings. The predicted octanol–water partition coefficient (Wildman–Crippen LogP) is 6.68. The van der Waals surface area contributed by atoms with Crippen molar-refractivity contribution in [2.45, 2.75) is 10.9 Å². The van der Waals surface area contributed by atoms with Gasteiger partial charge in [0.25, 0.3) is 0 Å². The summed E-state index contributed by atoms with van der Waals surface area (Å²) < 4.78 is 21.5. The molecule has 1 aromatic heterocycles. The molecule has 4 aromatic rings. The first-order valence-corrected chi connectivity index (χ1v) is 10.7. The number of halogens is 3. The van der Waals surface area contributed by atoms with Crippen LogP contribution in [-0.4, -0.2) is 21.9 Å². The van der Waals surface area contributed by atoms with E-state index in [-0.39, 0.29) is 5.82 Å². The first-order chi connectivity index (χ1) is 14.6. The molecular formula is C22H16Cl2FN3OS. The molecule has 4 rings (SSSR count). The highest BCUT2D eigenvalue weighted by Gasteiger charge is 2.18. The molecule has 0 spiro atoms. The molecule has 4 nitrogen and oxygen atoms in total. The maximum atomic E-state index is 14.2. The van der Waals surface area contributed by atoms with Crippen molar-refractivity contribution in [3.8, 4) is 22.8 Å². The maximum Gasteiger partial charge on any atom is 0.196 e. The molecule has 0 saturated heterocycles. The van der Waals surface area contributed by atoms with Gasteiger partial charge in [-0.25, -0.2) is 4.39 Å². The van der Waals surface area contributed by atoms with Gasteiger partial charge in [-0.2, -0.15) is 0 Å². The minimum Gasteiger partial charge on any atom is -0.497 e. The summed E-state index contributed by atoms with van der Waals surface area (Å²) in [6.45, 7) is 0. The second kappa shape index (κ2) is 9.08. The van der Waals surface area contributed by atoms with Crippen LogP contribution in [0.3, 0.4) is 0 Å². The molecule has 152 valence electrons. The van der Waals surface area contributed by atoms with Crippen molar-refractivity contribution < 1.29 is 9.13 Å². The molecule has 30 heavy (non-hydrogen) atoms. The van der Waals surface area contributed by atoms with E-state index >= 15 is 0 Å². The van der Waals surface area contributed by atoms with E-state index in [9.17, 15) is 4.39 Å². The van der Waals surface area contributed by atoms with E-state index in [0.717, 1.165) is 11.3 Å². The Morgan fingerprint density at radius 2 is 1.77 bits per heavy atom. The summed E-state index contributed by atoms with van der Waals surface area (Å²) in [5.41, 5.74) is 2.11. The van der Waals surface area contributed by atoms with Crippen LogP contribution in [0.1, 0.15) is 5.56 Å². The Labute approximate surface area is 187 Å². The largest absolute Gasteiger partial charge is 0.497 e. The van der Waals surface area contributed by atoms with Gasteiger partial charge in [0, 0.05) is 32.6 Å². The summed E-state index contributed by atoms with van der Waals surface area (Å²) in [7, 11) is 1.61. The Bertz CT molecular complexity index is 1160. The van der Waals surface area contributed by atoms with Gasteiger partial charge >= 0.3 is 0 Å². The van der Waals surface area contributed by atoms with Gasteiger partial charge < -0.3 is 4.74 Å². The smallest absolute Gasteiger partial charge is 0.196 e. The molecule has 0 fully saturated rings. The van der Waals surface area contributed by atoms with E-state index in [2.05, 4.69) is 10.2 Å². The van der Waals surface area contributed by atoms with Gasteiger partial charge in [0.2, 0.25) is 0 Å². The molecule has 0 unspecified atom stereocenters. The van der Waals surface area contributed by atoms with Gasteiger partial charge in [-0.1, -0.05) is 53.2 Å². The minimum atomic E-state index is -0.347. The SMILES string of the molecule is COc1cccc(-c2nnc(SCc3c(F)cccc3Cl)n2-c2ccc(Cl)cc2)c1. The second-order valence-corrected chi connectivity index (χ2v) is 8.12. The lowest BCUT2D eigenvalue weighted by Gasteiger charge is -2.12. The van der Waals surface area contributed by atoms with Gasteiger partial charge in [-0.15, -0.1) is 10.2 Å². The molecule has 0 saturated carbocycles. The van der Waals surface area contributed by atoms with E-state index in [4.69, 9.17) is 27.9 Å². The van der Waals surface area contributed by atoms with E-state index < -0.39 is 0 Å². The molecular weight excluding hydrogens is 444 g/mol. The van der Waals surface area contributed by atoms with Crippen molar-refractivity contribution >= 4 is 35.0 Å². The highest BCUT2D eigenvalue weighted by atomic mass is 35.5. The summed E-state index contributed by atoms with van der Waals surface area (Å²) in [5, 5.41) is 10.4. The van der Waals surface area contributed by atoms with Gasteiger partial charge in [0.05, 0.1) is 7.11 Å². The van der Waals surface area contributed by atoms with Crippen molar-refractivity contribution in [1.29, 1.82) is 0 Å². The van der Waals surface area contributed by atoms with Crippen LogP contribution in [0.5, 0.6) is 5.75 Å². The number of benzene rings is 3. The number of rotatable bonds is 6. The van der Waals surface area contributed by atoms with Crippen LogP contribution in [0.2, 0.25) is 10.0 Å². The molecule has 8 heteroatoms. The van der Waals surface area contributed by atoms with Crippen molar-refractivity contribution in [3.05, 3.63) is 88.2 Å². The topological polar surface area (TPSA) is 39.9 Å². The first kappa shape index (κ1) is 20.7. The third-order valence-electron chi connectivity index (χ3n) is 4.45. The van der Waals surface area contributed by atoms with Gasteiger partial charge in [-0.05, 0) is 48.5 Å². The zero-order chi connectivity index (χ0) is 21.1. The summed E-state index contributed by atoms with van der Waals surface area (Å²) in [6, 6.07) is 19.6. The van der Waals surface area contributed by atoms with Crippen molar-refractivity contribution in [2.24, 2.45) is 0 Å². The highest BCUT2D eigenvalue weighted by Crippen LogP contribution is 2.33. The average molecular weight is 460 g/mol. The molecule has 0 atom stereocenters. The van der Waals surface area contributed by atoms with Crippen LogP contribution < -0.4 is 4.74 Å². The normalized spacial score (nSPS) is 10.9. The number of methoxy groups -OCH3 is 1. The van der Waals surface area contributed by atoms with E-state index in [1.165, 1.54) is 17.8 Å². The first-order valence-electron chi connectivity index (χ1n) is 8.98. The Morgan fingerprint density at radius 1 is 1.00 bits per heavy atom. The lowest BCUT2D eigenvalue weighted by Crippen LogP contribution is -2.00. The molecule has 0 aliphatic carbocycles. The Balaban J connectivity index is 1.77. The highest BCUT2D eigenvalue weighted by molar-refractivity contribution is 7.98. The summed E-state index contributed by atoms with van der Waals surface area (Å²) in [5.74, 6) is 1.32. The standard InChI is InChI=1S/C22H16Cl2FN3OS/c1-29-17-5-2-4-14(12-17)21-26-27-22(28(21)16-10-8-15(23)9-11-16)30-13-18-19(24)6-3-7-20(18)25/h2-12H,13H2,1H3. The molecule has 0 radical (unpaired) electrons. The zero-order valence-electron chi connectivity index (χ0n) is 15.8. The number of nitrogens with zero attached hydrogens (tertiary/aromatic N) is 3. The van der Waals surface area contributed by atoms with E-state index in [1.54, 1.807) is 31.4 Å². The van der Waals surface area contributed by atoms with Crippen molar-refractivity contribution in [1.82, 2.24) is 14.8 Å². The van der Waals surface area contributed by atoms with Gasteiger partial charge in [0.1, 0.15) is 11.6 Å². The fraction of sp³-hybridized carbons (Fsp3) is 0.0909. The van der Waals surface area contributed by atoms with Crippen LogP contribution in [-0.2, 0) is 5.75 Å². The molecule has 1 heterocycles. The fourth-order valence-corrected chi connectivity index (χ4v) is 4.36. The number of aromatic nitrogens is 3. The summed E-state index contributed by atoms with van der Waals surface area (Å²) in [6.07, 6.45) is 0. The Morgan fingerprint density at radius 3 is 2.50 bits per heavy atom. The minimum absolute atomic E-state index is 0.315. The molecule has 0 bridgehead atoms. The predicted molar refractivity (Wildman–Crippen MR) is 119 cm³/mol. The monoisotopic (exact) mass is 459 g/mol. The summed E-state index contributed by atoms with van der Waals surface area (Å²) in [4.78, 5) is 0. The van der Waals surface area contributed by atoms with Crippen LogP contribution in [0.25, 0.3) is 17.1 Å². The molecule has 0 N–H and O–H groups in total. The molecule has 3 aromatic carbocycles. The van der Waals surface area contributed by atoms with Crippen LogP contribution >= 0.6 is 35.0 Å². The van der Waals surface area contributed by atoms with Gasteiger partial charge in [-0.3, -0.25) is 4.57 Å². The van der Waals surface area contributed by atoms with Gasteiger partial charge in [0.15, 0.2) is 11.0 Å². The third-order valence-corrected chi connectivity index (χ3v) is 6.01. The Kier molecular flexibility index (Phi) is 6.27. The maximum absolute atomic E-state index is 14.2. The zero-order valence-corrected chi connectivity index (χ0v) is 18.2. The number of hydrogen-bond donors (Lipinski definition) is 0. The number of hydrogen-bond acceptors (Lipinski definition) is 4. The molecule has 0 aliphatic heterocycles. The summed E-state index contributed by atoms with van der Waals surface area (Å²) >= 11 is 13.6.